The molecule has 0 saturated carbocycles. The summed E-state index contributed by atoms with van der Waals surface area (Å²) in [5.74, 6) is 0.785. The number of aliphatic imine (C=N–C) groups is 2. The number of rotatable bonds is 4. The van der Waals surface area contributed by atoms with E-state index in [9.17, 15) is 0 Å². The molecule has 11 aromatic rings. The number of amidine groups is 1. The Kier molecular flexibility index (Phi) is 7.53. The van der Waals surface area contributed by atoms with Crippen molar-refractivity contribution in [3.63, 3.8) is 0 Å². The molecule has 1 unspecified atom stereocenters. The number of nitrogens with zero attached hydrogens (tertiary/aromatic N) is 3. The van der Waals surface area contributed by atoms with Gasteiger partial charge >= 0.3 is 0 Å². The molecule has 12 rings (SSSR count). The van der Waals surface area contributed by atoms with E-state index in [1.54, 1.807) is 0 Å². The molecule has 5 heteroatoms. The number of para-hydroxylation sites is 1. The summed E-state index contributed by atoms with van der Waals surface area (Å²) in [5, 5.41) is 10.1. The smallest absolute Gasteiger partial charge is 0.157 e. The van der Waals surface area contributed by atoms with Crippen LogP contribution < -0.4 is 0 Å². The molecule has 4 heterocycles. The van der Waals surface area contributed by atoms with E-state index < -0.39 is 0 Å². The molecule has 0 N–H and O–H groups in total. The Labute approximate surface area is 337 Å². The molecule has 0 amide bonds. The highest BCUT2D eigenvalue weighted by molar-refractivity contribution is 7.26. The van der Waals surface area contributed by atoms with Crippen LogP contribution in [0, 0.1) is 0 Å². The molecule has 3 aromatic heterocycles. The molecule has 1 aliphatic heterocycles. The first-order valence-corrected chi connectivity index (χ1v) is 21.4. The maximum atomic E-state index is 5.80. The predicted octanol–water partition coefficient (Wildman–Crippen LogP) is 14.8. The molecule has 1 aliphatic rings. The third-order valence-corrected chi connectivity index (χ3v) is 14.1. The average molecular weight is 766 g/mol. The summed E-state index contributed by atoms with van der Waals surface area (Å²) in [4.78, 5) is 11.5. The SMILES string of the molecule is c1ccc(/C2=N/C(c3ccc4sc5ccccc5c4c3-n3c4ccccc4c4cc5ccccc5cc43)=N\C(c3ccc4sc5ccccc5c4c3)CCC2)cc1. The number of aromatic nitrogens is 1. The van der Waals surface area contributed by atoms with Crippen LogP contribution in [0.25, 0.3) is 78.6 Å². The van der Waals surface area contributed by atoms with Crippen molar-refractivity contribution in [3.8, 4) is 5.69 Å². The summed E-state index contributed by atoms with van der Waals surface area (Å²) in [6, 6.07) is 62.3. The van der Waals surface area contributed by atoms with Gasteiger partial charge in [-0.25, -0.2) is 4.99 Å². The summed E-state index contributed by atoms with van der Waals surface area (Å²) in [5.41, 5.74) is 8.03. The molecule has 8 aromatic carbocycles. The van der Waals surface area contributed by atoms with Gasteiger partial charge in [-0.2, -0.15) is 0 Å². The van der Waals surface area contributed by atoms with Crippen LogP contribution in [0.1, 0.15) is 42.0 Å². The molecule has 0 aliphatic carbocycles. The lowest BCUT2D eigenvalue weighted by atomic mass is 9.95. The Balaban J connectivity index is 1.19. The van der Waals surface area contributed by atoms with Crippen LogP contribution in [0.15, 0.2) is 180 Å². The first-order valence-electron chi connectivity index (χ1n) is 19.7. The van der Waals surface area contributed by atoms with Crippen molar-refractivity contribution in [1.29, 1.82) is 0 Å². The highest BCUT2D eigenvalue weighted by Gasteiger charge is 2.25. The Morgan fingerprint density at radius 3 is 2.04 bits per heavy atom. The van der Waals surface area contributed by atoms with Gasteiger partial charge in [0, 0.05) is 56.7 Å². The average Bonchev–Trinajstić information content (AvgIpc) is 3.92. The molecule has 0 bridgehead atoms. The van der Waals surface area contributed by atoms with E-state index in [1.807, 2.05) is 22.7 Å². The minimum Gasteiger partial charge on any atom is -0.308 e. The lowest BCUT2D eigenvalue weighted by molar-refractivity contribution is 0.622. The first kappa shape index (κ1) is 32.8. The number of hydrogen-bond acceptors (Lipinski definition) is 4. The normalized spacial score (nSPS) is 17.0. The second-order valence-electron chi connectivity index (χ2n) is 15.1. The molecular weight excluding hydrogens is 731 g/mol. The Hall–Kier alpha value is -6.40. The van der Waals surface area contributed by atoms with Crippen LogP contribution in [0.3, 0.4) is 0 Å². The number of benzene rings is 8. The van der Waals surface area contributed by atoms with Crippen molar-refractivity contribution in [3.05, 3.63) is 187 Å². The van der Waals surface area contributed by atoms with Gasteiger partial charge in [-0.05, 0) is 95.8 Å². The Bertz CT molecular complexity index is 3450. The van der Waals surface area contributed by atoms with Crippen LogP contribution >= 0.6 is 22.7 Å². The van der Waals surface area contributed by atoms with Gasteiger partial charge in [0.05, 0.1) is 28.5 Å². The summed E-state index contributed by atoms with van der Waals surface area (Å²) >= 11 is 3.72. The van der Waals surface area contributed by atoms with Crippen molar-refractivity contribution in [2.24, 2.45) is 9.98 Å². The van der Waals surface area contributed by atoms with Gasteiger partial charge in [0.15, 0.2) is 5.84 Å². The Morgan fingerprint density at radius 2 is 1.18 bits per heavy atom. The highest BCUT2D eigenvalue weighted by atomic mass is 32.1. The molecular formula is C52H35N3S2. The predicted molar refractivity (Wildman–Crippen MR) is 247 cm³/mol. The molecule has 57 heavy (non-hydrogen) atoms. The first-order chi connectivity index (χ1) is 28.2. The van der Waals surface area contributed by atoms with E-state index >= 15 is 0 Å². The van der Waals surface area contributed by atoms with Crippen molar-refractivity contribution in [2.75, 3.05) is 0 Å². The van der Waals surface area contributed by atoms with Crippen molar-refractivity contribution in [2.45, 2.75) is 25.3 Å². The third kappa shape index (κ3) is 5.30. The number of hydrogen-bond donors (Lipinski definition) is 0. The molecule has 0 radical (unpaired) electrons. The fourth-order valence-electron chi connectivity index (χ4n) is 9.16. The molecule has 1 atom stereocenters. The van der Waals surface area contributed by atoms with Gasteiger partial charge in [-0.15, -0.1) is 22.7 Å². The number of fused-ring (bicyclic) bond motifs is 10. The monoisotopic (exact) mass is 765 g/mol. The second-order valence-corrected chi connectivity index (χ2v) is 17.3. The van der Waals surface area contributed by atoms with E-state index in [0.717, 1.165) is 47.6 Å². The minimum absolute atomic E-state index is 0.0472. The lowest BCUT2D eigenvalue weighted by Crippen LogP contribution is -2.15. The third-order valence-electron chi connectivity index (χ3n) is 11.8. The van der Waals surface area contributed by atoms with E-state index in [4.69, 9.17) is 9.98 Å². The van der Waals surface area contributed by atoms with Crippen molar-refractivity contribution in [1.82, 2.24) is 4.57 Å². The zero-order valence-corrected chi connectivity index (χ0v) is 32.7. The summed E-state index contributed by atoms with van der Waals surface area (Å²) in [7, 11) is 0. The zero-order chi connectivity index (χ0) is 37.5. The quantitative estimate of drug-likeness (QED) is 0.171. The maximum absolute atomic E-state index is 5.80. The highest BCUT2D eigenvalue weighted by Crippen LogP contribution is 2.44. The zero-order valence-electron chi connectivity index (χ0n) is 31.0. The fourth-order valence-corrected chi connectivity index (χ4v) is 11.4. The summed E-state index contributed by atoms with van der Waals surface area (Å²) in [6.07, 6.45) is 2.81. The van der Waals surface area contributed by atoms with Crippen molar-refractivity contribution >= 4 is 107 Å². The second kappa shape index (κ2) is 13.1. The van der Waals surface area contributed by atoms with E-state index in [0.29, 0.717) is 0 Å². The lowest BCUT2D eigenvalue weighted by Gasteiger charge is -2.21. The van der Waals surface area contributed by atoms with Gasteiger partial charge in [0.2, 0.25) is 0 Å². The summed E-state index contributed by atoms with van der Waals surface area (Å²) < 4.78 is 7.69. The molecule has 0 spiro atoms. The van der Waals surface area contributed by atoms with Gasteiger partial charge in [0.25, 0.3) is 0 Å². The van der Waals surface area contributed by atoms with Gasteiger partial charge in [0.1, 0.15) is 0 Å². The fraction of sp³-hybridized carbons (Fsp3) is 0.0769. The van der Waals surface area contributed by atoms with Gasteiger partial charge in [-0.1, -0.05) is 115 Å². The van der Waals surface area contributed by atoms with E-state index in [1.165, 1.54) is 78.5 Å². The topological polar surface area (TPSA) is 29.6 Å². The van der Waals surface area contributed by atoms with Crippen LogP contribution in [-0.2, 0) is 0 Å². The number of thiophene rings is 2. The molecule has 270 valence electrons. The van der Waals surface area contributed by atoms with Crippen LogP contribution in [0.5, 0.6) is 0 Å². The van der Waals surface area contributed by atoms with E-state index in [2.05, 4.69) is 174 Å². The molecule has 0 saturated heterocycles. The standard InChI is InChI=1S/C52H35N3S2/c1-2-13-32(14-3-1)42-20-12-21-43(35-25-27-48-41(30-35)37-18-7-10-23-46(37)56-48)54-52(53-42)39-26-28-49-50(38-19-8-11-24-47(38)57-49)51(39)55-44-22-9-6-17-36(44)40-29-33-15-4-5-16-34(33)31-45(40)55/h1-11,13-19,22-31,43H,12,20-21H2/b53-42+,54-52-. The van der Waals surface area contributed by atoms with Gasteiger partial charge < -0.3 is 4.57 Å². The largest absolute Gasteiger partial charge is 0.308 e. The van der Waals surface area contributed by atoms with Crippen LogP contribution in [0.4, 0.5) is 0 Å². The molecule has 0 fully saturated rings. The van der Waals surface area contributed by atoms with Crippen LogP contribution in [0.2, 0.25) is 0 Å². The molecule has 3 nitrogen and oxygen atoms in total. The minimum atomic E-state index is -0.0472. The van der Waals surface area contributed by atoms with Gasteiger partial charge in [-0.3, -0.25) is 4.99 Å². The summed E-state index contributed by atoms with van der Waals surface area (Å²) in [6.45, 7) is 0. The van der Waals surface area contributed by atoms with E-state index in [-0.39, 0.29) is 6.04 Å². The van der Waals surface area contributed by atoms with Crippen LogP contribution in [-0.4, -0.2) is 16.1 Å². The maximum Gasteiger partial charge on any atom is 0.157 e. The van der Waals surface area contributed by atoms with Crippen molar-refractivity contribution < 1.29 is 0 Å². The Morgan fingerprint density at radius 1 is 0.509 bits per heavy atom.